The summed E-state index contributed by atoms with van der Waals surface area (Å²) in [7, 11) is 0. The second kappa shape index (κ2) is 7.23. The minimum atomic E-state index is -1.07. The molecule has 0 aliphatic carbocycles. The average molecular weight is 145 g/mol. The van der Waals surface area contributed by atoms with Crippen molar-refractivity contribution in [1.82, 2.24) is 0 Å². The maximum atomic E-state index is 9.38. The summed E-state index contributed by atoms with van der Waals surface area (Å²) in [6.45, 7) is 0. The van der Waals surface area contributed by atoms with E-state index >= 15 is 0 Å². The van der Waals surface area contributed by atoms with Crippen molar-refractivity contribution in [3.63, 3.8) is 0 Å². The Morgan fingerprint density at radius 2 is 1.80 bits per heavy atom. The summed E-state index contributed by atoms with van der Waals surface area (Å²) < 4.78 is 0. The van der Waals surface area contributed by atoms with Crippen LogP contribution in [0.4, 0.5) is 4.79 Å². The predicted octanol–water partition coefficient (Wildman–Crippen LogP) is -0.992. The molecule has 0 aliphatic heterocycles. The summed E-state index contributed by atoms with van der Waals surface area (Å²) in [6.07, 6.45) is -0.403. The first kappa shape index (κ1) is 11.1. The Hall–Kier alpha value is -1.77. The van der Waals surface area contributed by atoms with Gasteiger partial charge in [0.25, 0.3) is 0 Å². The lowest BCUT2D eigenvalue weighted by Crippen LogP contribution is -2.18. The first-order valence-electron chi connectivity index (χ1n) is 2.14. The minimum absolute atomic E-state index is 0.403. The quantitative estimate of drug-likeness (QED) is 0.437. The van der Waals surface area contributed by atoms with Gasteiger partial charge in [0.2, 0.25) is 0 Å². The van der Waals surface area contributed by atoms with Crippen LogP contribution in [-0.4, -0.2) is 17.1 Å². The smallest absolute Gasteiger partial charge is 0.317 e. The monoisotopic (exact) mass is 145 g/mol. The first-order valence-corrected chi connectivity index (χ1v) is 2.14. The van der Waals surface area contributed by atoms with Crippen LogP contribution in [0.25, 0.3) is 0 Å². The van der Waals surface area contributed by atoms with Gasteiger partial charge in [-0.05, 0) is 0 Å². The van der Waals surface area contributed by atoms with Crippen LogP contribution in [0.3, 0.4) is 0 Å². The second-order valence-corrected chi connectivity index (χ2v) is 1.13. The molecule has 2 amide bonds. The number of nitriles is 1. The molecule has 0 heterocycles. The summed E-state index contributed by atoms with van der Waals surface area (Å²) in [5, 5.41) is 15.3. The highest BCUT2D eigenvalue weighted by Crippen LogP contribution is 1.68. The standard InChI is InChI=1S/C3H3NO2.CH4N2O/c4-2-1-3(5)6;2-1(3)4/h1H2,(H,5,6);(H4,2,3,4). The molecule has 0 aromatic carbocycles. The highest BCUT2D eigenvalue weighted by molar-refractivity contribution is 5.69. The molecule has 10 heavy (non-hydrogen) atoms. The zero-order valence-corrected chi connectivity index (χ0v) is 5.07. The zero-order valence-electron chi connectivity index (χ0n) is 5.07. The van der Waals surface area contributed by atoms with Crippen molar-refractivity contribution in [3.8, 4) is 6.07 Å². The Morgan fingerprint density at radius 1 is 1.50 bits per heavy atom. The van der Waals surface area contributed by atoms with Crippen LogP contribution in [0.5, 0.6) is 0 Å². The highest BCUT2D eigenvalue weighted by atomic mass is 16.4. The molecular formula is C4H7N3O3. The van der Waals surface area contributed by atoms with Crippen molar-refractivity contribution in [2.75, 3.05) is 0 Å². The van der Waals surface area contributed by atoms with Gasteiger partial charge in [-0.1, -0.05) is 0 Å². The number of nitrogens with zero attached hydrogens (tertiary/aromatic N) is 1. The van der Waals surface area contributed by atoms with E-state index in [1.54, 1.807) is 0 Å². The molecule has 5 N–H and O–H groups in total. The van der Waals surface area contributed by atoms with Crippen molar-refractivity contribution in [3.05, 3.63) is 0 Å². The lowest BCUT2D eigenvalue weighted by Gasteiger charge is -1.70. The Balaban J connectivity index is 0. The van der Waals surface area contributed by atoms with Gasteiger partial charge in [0.15, 0.2) is 0 Å². The number of rotatable bonds is 1. The SMILES string of the molecule is N#CCC(=O)O.NC(N)=O. The van der Waals surface area contributed by atoms with E-state index in [4.69, 9.17) is 15.2 Å². The number of hydrogen-bond donors (Lipinski definition) is 3. The molecule has 0 radical (unpaired) electrons. The van der Waals surface area contributed by atoms with E-state index in [1.807, 2.05) is 0 Å². The van der Waals surface area contributed by atoms with Crippen LogP contribution < -0.4 is 11.5 Å². The maximum absolute atomic E-state index is 9.38. The molecule has 0 aromatic heterocycles. The van der Waals surface area contributed by atoms with Crippen molar-refractivity contribution >= 4 is 12.0 Å². The van der Waals surface area contributed by atoms with E-state index in [1.165, 1.54) is 6.07 Å². The maximum Gasteiger partial charge on any atom is 0.317 e. The van der Waals surface area contributed by atoms with E-state index < -0.39 is 18.4 Å². The summed E-state index contributed by atoms with van der Waals surface area (Å²) in [6, 6.07) is 0.634. The fourth-order valence-electron chi connectivity index (χ4n) is 0.0676. The summed E-state index contributed by atoms with van der Waals surface area (Å²) in [5.41, 5.74) is 8.50. The number of urea groups is 1. The predicted molar refractivity (Wildman–Crippen MR) is 31.6 cm³/mol. The molecule has 0 spiro atoms. The van der Waals surface area contributed by atoms with E-state index in [0.29, 0.717) is 0 Å². The number of carboxylic acids is 1. The van der Waals surface area contributed by atoms with Crippen LogP contribution >= 0.6 is 0 Å². The lowest BCUT2D eigenvalue weighted by molar-refractivity contribution is -0.135. The molecule has 0 aliphatic rings. The summed E-state index contributed by atoms with van der Waals surface area (Å²) in [4.78, 5) is 18.4. The van der Waals surface area contributed by atoms with Gasteiger partial charge in [-0.25, -0.2) is 4.79 Å². The third-order valence-electron chi connectivity index (χ3n) is 0.230. The topological polar surface area (TPSA) is 130 Å². The molecule has 6 nitrogen and oxygen atoms in total. The number of hydrogen-bond acceptors (Lipinski definition) is 3. The fraction of sp³-hybridized carbons (Fsp3) is 0.250. The molecule has 56 valence electrons. The molecule has 0 saturated carbocycles. The van der Waals surface area contributed by atoms with Crippen molar-refractivity contribution in [2.45, 2.75) is 6.42 Å². The van der Waals surface area contributed by atoms with Gasteiger partial charge in [-0.15, -0.1) is 0 Å². The molecule has 0 atom stereocenters. The average Bonchev–Trinajstić information content (AvgIpc) is 1.62. The summed E-state index contributed by atoms with van der Waals surface area (Å²) >= 11 is 0. The number of amides is 2. The number of carbonyl (C=O) groups excluding carboxylic acids is 1. The first-order chi connectivity index (χ1) is 4.50. The number of carboxylic acid groups (broad SMARTS) is 1. The van der Waals surface area contributed by atoms with Gasteiger partial charge in [-0.3, -0.25) is 4.79 Å². The Kier molecular flexibility index (Phi) is 8.01. The van der Waals surface area contributed by atoms with Crippen LogP contribution in [0.1, 0.15) is 6.42 Å². The Bertz CT molecular complexity index is 156. The normalized spacial score (nSPS) is 6.30. The van der Waals surface area contributed by atoms with Crippen molar-refractivity contribution < 1.29 is 14.7 Å². The van der Waals surface area contributed by atoms with Gasteiger partial charge >= 0.3 is 12.0 Å². The number of carbonyl (C=O) groups is 2. The van der Waals surface area contributed by atoms with E-state index in [9.17, 15) is 4.79 Å². The van der Waals surface area contributed by atoms with Crippen molar-refractivity contribution in [1.29, 1.82) is 5.26 Å². The molecule has 0 unspecified atom stereocenters. The van der Waals surface area contributed by atoms with Crippen molar-refractivity contribution in [2.24, 2.45) is 11.5 Å². The van der Waals surface area contributed by atoms with E-state index in [2.05, 4.69) is 11.5 Å². The third-order valence-corrected chi connectivity index (χ3v) is 0.230. The fourth-order valence-corrected chi connectivity index (χ4v) is 0.0676. The van der Waals surface area contributed by atoms with E-state index in [-0.39, 0.29) is 0 Å². The van der Waals surface area contributed by atoms with Gasteiger partial charge < -0.3 is 16.6 Å². The van der Waals surface area contributed by atoms with Crippen LogP contribution in [0.15, 0.2) is 0 Å². The van der Waals surface area contributed by atoms with Gasteiger partial charge in [0.1, 0.15) is 6.42 Å². The third kappa shape index (κ3) is 113. The van der Waals surface area contributed by atoms with Crippen LogP contribution in [0.2, 0.25) is 0 Å². The van der Waals surface area contributed by atoms with Crippen LogP contribution in [-0.2, 0) is 4.79 Å². The van der Waals surface area contributed by atoms with E-state index in [0.717, 1.165) is 0 Å². The van der Waals surface area contributed by atoms with Crippen LogP contribution in [0, 0.1) is 11.3 Å². The largest absolute Gasteiger partial charge is 0.480 e. The minimum Gasteiger partial charge on any atom is -0.480 e. The van der Waals surface area contributed by atoms with Gasteiger partial charge in [-0.2, -0.15) is 5.26 Å². The Morgan fingerprint density at radius 3 is 1.80 bits per heavy atom. The molecule has 0 aromatic rings. The highest BCUT2D eigenvalue weighted by Gasteiger charge is 1.87. The molecule has 0 fully saturated rings. The zero-order chi connectivity index (χ0) is 8.57. The number of aliphatic carboxylic acids is 1. The molecule has 0 saturated heterocycles. The number of nitrogens with two attached hydrogens (primary N) is 2. The van der Waals surface area contributed by atoms with Gasteiger partial charge in [0, 0.05) is 0 Å². The number of primary amides is 2. The lowest BCUT2D eigenvalue weighted by atomic mass is 10.5. The Labute approximate surface area is 57.0 Å². The summed E-state index contributed by atoms with van der Waals surface area (Å²) in [5.74, 6) is -1.07. The molecule has 6 heteroatoms. The molecule has 0 rings (SSSR count). The van der Waals surface area contributed by atoms with Gasteiger partial charge in [0.05, 0.1) is 6.07 Å². The second-order valence-electron chi connectivity index (χ2n) is 1.13. The molecular weight excluding hydrogens is 138 g/mol. The molecule has 0 bridgehead atoms.